The van der Waals surface area contributed by atoms with Crippen LogP contribution in [0.4, 0.5) is 5.95 Å². The van der Waals surface area contributed by atoms with Gasteiger partial charge in [0.2, 0.25) is 5.95 Å². The number of hydrogen-bond donors (Lipinski definition) is 0. The molecule has 1 aromatic heterocycles. The summed E-state index contributed by atoms with van der Waals surface area (Å²) in [5.74, 6) is 0.633. The van der Waals surface area contributed by atoms with E-state index < -0.39 is 0 Å². The van der Waals surface area contributed by atoms with Crippen LogP contribution >= 0.6 is 11.6 Å². The largest absolute Gasteiger partial charge is 0.334 e. The SMILES string of the molecule is Cc1cc(C#N)nc(N2CCCC2c2cccc(Cl)c2)n1. The van der Waals surface area contributed by atoms with Crippen molar-refractivity contribution in [2.75, 3.05) is 11.4 Å². The third-order valence-corrected chi connectivity index (χ3v) is 3.94. The topological polar surface area (TPSA) is 52.8 Å². The lowest BCUT2D eigenvalue weighted by atomic mass is 10.1. The third-order valence-electron chi connectivity index (χ3n) is 3.70. The van der Waals surface area contributed by atoms with Crippen molar-refractivity contribution < 1.29 is 0 Å². The highest BCUT2D eigenvalue weighted by Gasteiger charge is 2.28. The molecule has 0 bridgehead atoms. The second kappa shape index (κ2) is 5.71. The van der Waals surface area contributed by atoms with Crippen LogP contribution in [-0.4, -0.2) is 16.5 Å². The first-order chi connectivity index (χ1) is 10.2. The highest BCUT2D eigenvalue weighted by atomic mass is 35.5. The lowest BCUT2D eigenvalue weighted by molar-refractivity contribution is 0.700. The maximum atomic E-state index is 9.07. The Labute approximate surface area is 129 Å². The smallest absolute Gasteiger partial charge is 0.227 e. The van der Waals surface area contributed by atoms with Gasteiger partial charge in [-0.2, -0.15) is 5.26 Å². The fourth-order valence-corrected chi connectivity index (χ4v) is 3.00. The zero-order chi connectivity index (χ0) is 14.8. The van der Waals surface area contributed by atoms with Crippen LogP contribution in [0.1, 0.15) is 35.8 Å². The first kappa shape index (κ1) is 13.8. The molecule has 0 aliphatic carbocycles. The Bertz CT molecular complexity index is 708. The summed E-state index contributed by atoms with van der Waals surface area (Å²) in [5, 5.41) is 9.81. The minimum Gasteiger partial charge on any atom is -0.334 e. The molecule has 1 aliphatic heterocycles. The van der Waals surface area contributed by atoms with Crippen molar-refractivity contribution in [3.05, 3.63) is 52.3 Å². The van der Waals surface area contributed by atoms with E-state index in [4.69, 9.17) is 16.9 Å². The van der Waals surface area contributed by atoms with E-state index in [1.165, 1.54) is 5.56 Å². The Kier molecular flexibility index (Phi) is 3.76. The Hall–Kier alpha value is -2.12. The van der Waals surface area contributed by atoms with Crippen molar-refractivity contribution in [2.24, 2.45) is 0 Å². The van der Waals surface area contributed by atoms with Crippen LogP contribution < -0.4 is 4.90 Å². The lowest BCUT2D eigenvalue weighted by Gasteiger charge is -2.25. The van der Waals surface area contributed by atoms with E-state index in [1.807, 2.05) is 25.1 Å². The molecular formula is C16H15ClN4. The molecule has 2 heterocycles. The molecule has 1 aliphatic rings. The quantitative estimate of drug-likeness (QED) is 0.849. The van der Waals surface area contributed by atoms with Gasteiger partial charge in [0, 0.05) is 17.3 Å². The fourth-order valence-electron chi connectivity index (χ4n) is 2.81. The predicted octanol–water partition coefficient (Wildman–Crippen LogP) is 3.65. The van der Waals surface area contributed by atoms with Crippen molar-refractivity contribution in [2.45, 2.75) is 25.8 Å². The molecule has 21 heavy (non-hydrogen) atoms. The Balaban J connectivity index is 1.98. The highest BCUT2D eigenvalue weighted by Crippen LogP contribution is 2.35. The van der Waals surface area contributed by atoms with Crippen molar-refractivity contribution in [3.63, 3.8) is 0 Å². The zero-order valence-electron chi connectivity index (χ0n) is 11.8. The van der Waals surface area contributed by atoms with Gasteiger partial charge in [0.15, 0.2) is 0 Å². The molecule has 1 unspecified atom stereocenters. The van der Waals surface area contributed by atoms with E-state index in [9.17, 15) is 0 Å². The molecule has 0 amide bonds. The fraction of sp³-hybridized carbons (Fsp3) is 0.312. The zero-order valence-corrected chi connectivity index (χ0v) is 12.5. The molecule has 0 spiro atoms. The summed E-state index contributed by atoms with van der Waals surface area (Å²) in [6.45, 7) is 2.78. The molecule has 1 fully saturated rings. The van der Waals surface area contributed by atoms with E-state index in [-0.39, 0.29) is 6.04 Å². The van der Waals surface area contributed by atoms with Gasteiger partial charge in [-0.3, -0.25) is 0 Å². The maximum absolute atomic E-state index is 9.07. The number of anilines is 1. The van der Waals surface area contributed by atoms with E-state index >= 15 is 0 Å². The average molecular weight is 299 g/mol. The number of aryl methyl sites for hydroxylation is 1. The number of halogens is 1. The molecule has 1 atom stereocenters. The average Bonchev–Trinajstić information content (AvgIpc) is 2.96. The van der Waals surface area contributed by atoms with Gasteiger partial charge in [0.25, 0.3) is 0 Å². The molecule has 106 valence electrons. The minimum absolute atomic E-state index is 0.219. The first-order valence-electron chi connectivity index (χ1n) is 6.95. The van der Waals surface area contributed by atoms with Gasteiger partial charge in [-0.15, -0.1) is 0 Å². The van der Waals surface area contributed by atoms with Gasteiger partial charge >= 0.3 is 0 Å². The van der Waals surface area contributed by atoms with Gasteiger partial charge in [-0.05, 0) is 43.5 Å². The molecule has 3 rings (SSSR count). The summed E-state index contributed by atoms with van der Waals surface area (Å²) in [4.78, 5) is 11.0. The molecule has 1 saturated heterocycles. The number of nitriles is 1. The van der Waals surface area contributed by atoms with Crippen LogP contribution in [0.2, 0.25) is 5.02 Å². The molecule has 0 radical (unpaired) electrons. The van der Waals surface area contributed by atoms with E-state index in [2.05, 4.69) is 27.0 Å². The van der Waals surface area contributed by atoms with Crippen LogP contribution in [0.3, 0.4) is 0 Å². The summed E-state index contributed by atoms with van der Waals surface area (Å²) in [5.41, 5.74) is 2.39. The van der Waals surface area contributed by atoms with Gasteiger partial charge < -0.3 is 4.90 Å². The highest BCUT2D eigenvalue weighted by molar-refractivity contribution is 6.30. The standard InChI is InChI=1S/C16H15ClN4/c1-11-8-14(10-18)20-16(19-11)21-7-3-6-15(21)12-4-2-5-13(17)9-12/h2,4-5,8-9,15H,3,6-7H2,1H3. The van der Waals surface area contributed by atoms with Crippen LogP contribution in [0.25, 0.3) is 0 Å². The molecule has 2 aromatic rings. The van der Waals surface area contributed by atoms with Gasteiger partial charge in [0.1, 0.15) is 11.8 Å². The summed E-state index contributed by atoms with van der Waals surface area (Å²) < 4.78 is 0. The molecule has 4 nitrogen and oxygen atoms in total. The molecular weight excluding hydrogens is 284 g/mol. The molecule has 5 heteroatoms. The van der Waals surface area contributed by atoms with Crippen molar-refractivity contribution >= 4 is 17.5 Å². The monoisotopic (exact) mass is 298 g/mol. The summed E-state index contributed by atoms with van der Waals surface area (Å²) in [6.07, 6.45) is 2.12. The Morgan fingerprint density at radius 1 is 1.33 bits per heavy atom. The van der Waals surface area contributed by atoms with Crippen LogP contribution in [-0.2, 0) is 0 Å². The molecule has 1 aromatic carbocycles. The number of benzene rings is 1. The van der Waals surface area contributed by atoms with E-state index in [0.29, 0.717) is 11.6 Å². The van der Waals surface area contributed by atoms with Crippen molar-refractivity contribution in [3.8, 4) is 6.07 Å². The van der Waals surface area contributed by atoms with E-state index in [1.54, 1.807) is 6.07 Å². The third kappa shape index (κ3) is 2.84. The Morgan fingerprint density at radius 2 is 2.19 bits per heavy atom. The molecule has 0 saturated carbocycles. The summed E-state index contributed by atoms with van der Waals surface area (Å²) in [7, 11) is 0. The second-order valence-corrected chi connectivity index (χ2v) is 5.65. The van der Waals surface area contributed by atoms with Crippen molar-refractivity contribution in [1.82, 2.24) is 9.97 Å². The van der Waals surface area contributed by atoms with Crippen LogP contribution in [0.5, 0.6) is 0 Å². The van der Waals surface area contributed by atoms with Crippen LogP contribution in [0.15, 0.2) is 30.3 Å². The summed E-state index contributed by atoms with van der Waals surface area (Å²) in [6, 6.07) is 11.9. The van der Waals surface area contributed by atoms with Gasteiger partial charge in [-0.1, -0.05) is 23.7 Å². The lowest BCUT2D eigenvalue weighted by Crippen LogP contribution is -2.25. The number of nitrogens with zero attached hydrogens (tertiary/aromatic N) is 4. The number of aromatic nitrogens is 2. The normalized spacial score (nSPS) is 17.8. The van der Waals surface area contributed by atoms with Crippen LogP contribution in [0, 0.1) is 18.3 Å². The van der Waals surface area contributed by atoms with E-state index in [0.717, 1.165) is 30.1 Å². The minimum atomic E-state index is 0.219. The van der Waals surface area contributed by atoms with Crippen molar-refractivity contribution in [1.29, 1.82) is 5.26 Å². The maximum Gasteiger partial charge on any atom is 0.227 e. The number of hydrogen-bond acceptors (Lipinski definition) is 4. The van der Waals surface area contributed by atoms with Gasteiger partial charge in [-0.25, -0.2) is 9.97 Å². The summed E-state index contributed by atoms with van der Waals surface area (Å²) >= 11 is 6.10. The number of rotatable bonds is 2. The first-order valence-corrected chi connectivity index (χ1v) is 7.33. The predicted molar refractivity (Wildman–Crippen MR) is 82.3 cm³/mol. The van der Waals surface area contributed by atoms with Gasteiger partial charge in [0.05, 0.1) is 6.04 Å². The molecule has 0 N–H and O–H groups in total. The Morgan fingerprint density at radius 3 is 2.95 bits per heavy atom. The second-order valence-electron chi connectivity index (χ2n) is 5.21.